The number of ether oxygens (including phenoxy) is 1. The van der Waals surface area contributed by atoms with Gasteiger partial charge in [-0.05, 0) is 30.8 Å². The van der Waals surface area contributed by atoms with Crippen molar-refractivity contribution in [1.82, 2.24) is 9.80 Å². The first kappa shape index (κ1) is 19.0. The number of hydrogen-bond acceptors (Lipinski definition) is 7. The van der Waals surface area contributed by atoms with Gasteiger partial charge in [0.1, 0.15) is 12.6 Å². The molecule has 144 valence electrons. The van der Waals surface area contributed by atoms with E-state index < -0.39 is 16.9 Å². The fourth-order valence-electron chi connectivity index (χ4n) is 3.76. The fourth-order valence-corrected chi connectivity index (χ4v) is 3.76. The second-order valence-corrected chi connectivity index (χ2v) is 6.58. The number of ketones is 1. The molecule has 9 nitrogen and oxygen atoms in total. The zero-order valence-corrected chi connectivity index (χ0v) is 15.2. The summed E-state index contributed by atoms with van der Waals surface area (Å²) < 4.78 is 5.19. The molecule has 1 aromatic rings. The van der Waals surface area contributed by atoms with Gasteiger partial charge in [-0.1, -0.05) is 13.8 Å². The van der Waals surface area contributed by atoms with Gasteiger partial charge in [-0.3, -0.25) is 24.6 Å². The Morgan fingerprint density at radius 2 is 1.89 bits per heavy atom. The molecule has 1 aromatic carbocycles. The van der Waals surface area contributed by atoms with Crippen LogP contribution in [0.4, 0.5) is 5.69 Å². The van der Waals surface area contributed by atoms with Crippen LogP contribution < -0.4 is 0 Å². The van der Waals surface area contributed by atoms with E-state index in [0.717, 1.165) is 0 Å². The summed E-state index contributed by atoms with van der Waals surface area (Å²) in [5.74, 6) is -1.28. The van der Waals surface area contributed by atoms with Crippen LogP contribution in [-0.2, 0) is 25.7 Å². The Labute approximate surface area is 156 Å². The number of nitro groups is 1. The lowest BCUT2D eigenvalue weighted by Gasteiger charge is -2.48. The van der Waals surface area contributed by atoms with E-state index in [4.69, 9.17) is 4.74 Å². The normalized spacial score (nSPS) is 24.0. The number of carbonyl (C=O) groups excluding carboxylic acids is 3. The van der Waals surface area contributed by atoms with Gasteiger partial charge in [0, 0.05) is 18.6 Å². The van der Waals surface area contributed by atoms with Crippen LogP contribution >= 0.6 is 0 Å². The first-order valence-corrected chi connectivity index (χ1v) is 8.87. The molecule has 2 aliphatic heterocycles. The molecule has 1 amide bonds. The Hall–Kier alpha value is -2.81. The maximum absolute atomic E-state index is 12.5. The molecule has 0 aliphatic carbocycles. The molecule has 0 aromatic heterocycles. The van der Waals surface area contributed by atoms with E-state index in [-0.39, 0.29) is 42.5 Å². The molecule has 9 heteroatoms. The summed E-state index contributed by atoms with van der Waals surface area (Å²) in [4.78, 5) is 50.7. The lowest BCUT2D eigenvalue weighted by molar-refractivity contribution is -0.384. The average molecular weight is 375 g/mol. The predicted octanol–water partition coefficient (Wildman–Crippen LogP) is 0.901. The number of amides is 1. The first-order chi connectivity index (χ1) is 12.9. The van der Waals surface area contributed by atoms with Crippen molar-refractivity contribution in [2.45, 2.75) is 45.0 Å². The summed E-state index contributed by atoms with van der Waals surface area (Å²) in [5.41, 5.74) is 0.499. The molecule has 3 rings (SSSR count). The fraction of sp³-hybridized carbons (Fsp3) is 0.500. The highest BCUT2D eigenvalue weighted by molar-refractivity contribution is 6.12. The maximum Gasteiger partial charge on any atom is 0.337 e. The lowest BCUT2D eigenvalue weighted by atomic mass is 9.94. The molecule has 2 fully saturated rings. The molecule has 0 N–H and O–H groups in total. The van der Waals surface area contributed by atoms with Crippen LogP contribution in [0.15, 0.2) is 24.3 Å². The summed E-state index contributed by atoms with van der Waals surface area (Å²) >= 11 is 0. The van der Waals surface area contributed by atoms with Gasteiger partial charge < -0.3 is 9.64 Å². The zero-order valence-electron chi connectivity index (χ0n) is 15.2. The van der Waals surface area contributed by atoms with Crippen molar-refractivity contribution >= 4 is 23.3 Å². The summed E-state index contributed by atoms with van der Waals surface area (Å²) in [6.45, 7) is 5.17. The number of β-lactam (4-membered cyclic amide) rings is 1. The van der Waals surface area contributed by atoms with Crippen LogP contribution in [0.1, 0.15) is 25.8 Å². The summed E-state index contributed by atoms with van der Waals surface area (Å²) in [7, 11) is 0. The van der Waals surface area contributed by atoms with Gasteiger partial charge in [0.15, 0.2) is 11.8 Å². The molecule has 3 unspecified atom stereocenters. The number of nitrogens with zero attached hydrogens (tertiary/aromatic N) is 3. The van der Waals surface area contributed by atoms with Crippen molar-refractivity contribution in [2.75, 3.05) is 13.1 Å². The highest BCUT2D eigenvalue weighted by Crippen LogP contribution is 2.36. The molecule has 2 aliphatic rings. The predicted molar refractivity (Wildman–Crippen MR) is 93.6 cm³/mol. The molecule has 27 heavy (non-hydrogen) atoms. The van der Waals surface area contributed by atoms with Crippen LogP contribution in [0.5, 0.6) is 0 Å². The third-order valence-electron chi connectivity index (χ3n) is 5.18. The van der Waals surface area contributed by atoms with Crippen LogP contribution in [0.2, 0.25) is 0 Å². The van der Waals surface area contributed by atoms with Gasteiger partial charge in [-0.2, -0.15) is 0 Å². The quantitative estimate of drug-likeness (QED) is 0.229. The summed E-state index contributed by atoms with van der Waals surface area (Å²) in [6.07, 6.45) is 0.157. The van der Waals surface area contributed by atoms with E-state index in [1.165, 1.54) is 29.2 Å². The van der Waals surface area contributed by atoms with Gasteiger partial charge in [0.2, 0.25) is 5.91 Å². The van der Waals surface area contributed by atoms with Crippen LogP contribution in [-0.4, -0.2) is 63.6 Å². The number of non-ortho nitro benzene ring substituents is 1. The third-order valence-corrected chi connectivity index (χ3v) is 5.18. The smallest absolute Gasteiger partial charge is 0.337 e. The van der Waals surface area contributed by atoms with E-state index in [1.54, 1.807) is 0 Å². The minimum absolute atomic E-state index is 0.0625. The van der Waals surface area contributed by atoms with Crippen molar-refractivity contribution in [2.24, 2.45) is 0 Å². The Balaban J connectivity index is 1.63. The van der Waals surface area contributed by atoms with Gasteiger partial charge in [0.05, 0.1) is 11.0 Å². The van der Waals surface area contributed by atoms with Crippen LogP contribution in [0.3, 0.4) is 0 Å². The van der Waals surface area contributed by atoms with Gasteiger partial charge in [-0.25, -0.2) is 4.79 Å². The first-order valence-electron chi connectivity index (χ1n) is 8.87. The number of carbonyl (C=O) groups is 3. The van der Waals surface area contributed by atoms with Crippen molar-refractivity contribution < 1.29 is 24.0 Å². The molecule has 3 atom stereocenters. The number of likely N-dealkylation sites (N-methyl/N-ethyl adjacent to an activating group) is 1. The van der Waals surface area contributed by atoms with Gasteiger partial charge in [-0.15, -0.1) is 0 Å². The van der Waals surface area contributed by atoms with E-state index in [9.17, 15) is 24.5 Å². The average Bonchev–Trinajstić information content (AvgIpc) is 2.97. The standard InChI is InChI=1S/C18H21N3O6/c1-3-19(4-2)15-13-9-14(22)16(20(13)17(15)23)18(24)27-10-11-5-7-12(8-6-11)21(25)26/h5-8,13,15-16H,3-4,9-10H2,1-2H3. The number of esters is 1. The second-order valence-electron chi connectivity index (χ2n) is 6.58. The minimum Gasteiger partial charge on any atom is -0.459 e. The largest absolute Gasteiger partial charge is 0.459 e. The van der Waals surface area contributed by atoms with Crippen molar-refractivity contribution in [3.63, 3.8) is 0 Å². The van der Waals surface area contributed by atoms with E-state index in [0.29, 0.717) is 18.7 Å². The summed E-state index contributed by atoms with van der Waals surface area (Å²) in [5, 5.41) is 10.7. The van der Waals surface area contributed by atoms with Gasteiger partial charge >= 0.3 is 5.97 Å². The monoisotopic (exact) mass is 375 g/mol. The van der Waals surface area contributed by atoms with E-state index in [1.807, 2.05) is 18.7 Å². The van der Waals surface area contributed by atoms with E-state index >= 15 is 0 Å². The van der Waals surface area contributed by atoms with Gasteiger partial charge in [0.25, 0.3) is 5.69 Å². The Morgan fingerprint density at radius 1 is 1.26 bits per heavy atom. The number of rotatable bonds is 7. The zero-order chi connectivity index (χ0) is 19.7. The highest BCUT2D eigenvalue weighted by Gasteiger charge is 2.61. The minimum atomic E-state index is -1.19. The SMILES string of the molecule is CCN(CC)C1C(=O)N2C(C(=O)OCc3ccc([N+](=O)[O-])cc3)C(=O)CC12. The molecule has 2 heterocycles. The number of benzene rings is 1. The number of fused-ring (bicyclic) bond motifs is 1. The molecule has 0 spiro atoms. The molecule has 0 bridgehead atoms. The Morgan fingerprint density at radius 3 is 2.44 bits per heavy atom. The number of Topliss-reactive ketones (excluding diaryl/α,β-unsaturated/α-hetero) is 1. The van der Waals surface area contributed by atoms with E-state index in [2.05, 4.69) is 0 Å². The van der Waals surface area contributed by atoms with Crippen molar-refractivity contribution in [3.05, 3.63) is 39.9 Å². The summed E-state index contributed by atoms with van der Waals surface area (Å²) in [6, 6.07) is 3.78. The molecular weight excluding hydrogens is 354 g/mol. The number of hydrogen-bond donors (Lipinski definition) is 0. The third kappa shape index (κ3) is 3.30. The molecule has 0 radical (unpaired) electrons. The lowest BCUT2D eigenvalue weighted by Crippen LogP contribution is -2.70. The second kappa shape index (κ2) is 7.43. The van der Waals surface area contributed by atoms with Crippen LogP contribution in [0.25, 0.3) is 0 Å². The number of nitro benzene ring substituents is 1. The Bertz CT molecular complexity index is 774. The van der Waals surface area contributed by atoms with Crippen molar-refractivity contribution in [1.29, 1.82) is 0 Å². The van der Waals surface area contributed by atoms with Crippen molar-refractivity contribution in [3.8, 4) is 0 Å². The topological polar surface area (TPSA) is 110 Å². The molecule has 0 saturated carbocycles. The maximum atomic E-state index is 12.5. The van der Waals surface area contributed by atoms with Crippen LogP contribution in [0, 0.1) is 10.1 Å². The molecular formula is C18H21N3O6. The molecule has 2 saturated heterocycles. The Kier molecular flexibility index (Phi) is 5.22. The highest BCUT2D eigenvalue weighted by atomic mass is 16.6.